The standard InChI is InChI=1S/C24H23N5O2/c25-16-20-17-26-24(28-23(20)19-4-2-1-3-5-19)27-21-9-6-18(7-10-21)8-11-22(30)29-12-14-31-15-13-29/h1-7,9-10,17H,8,11-15H2,(H,26,27,28). The van der Waals surface area contributed by atoms with Crippen molar-refractivity contribution in [3.05, 3.63) is 71.9 Å². The maximum Gasteiger partial charge on any atom is 0.227 e. The Kier molecular flexibility index (Phi) is 6.50. The third-order valence-corrected chi connectivity index (χ3v) is 5.16. The summed E-state index contributed by atoms with van der Waals surface area (Å²) < 4.78 is 5.29. The Morgan fingerprint density at radius 2 is 1.84 bits per heavy atom. The summed E-state index contributed by atoms with van der Waals surface area (Å²) in [5.74, 6) is 0.595. The molecule has 2 heterocycles. The molecule has 7 heteroatoms. The van der Waals surface area contributed by atoms with Crippen molar-refractivity contribution in [1.29, 1.82) is 5.26 Å². The second-order valence-electron chi connectivity index (χ2n) is 7.25. The smallest absolute Gasteiger partial charge is 0.227 e. The fourth-order valence-electron chi connectivity index (χ4n) is 3.45. The van der Waals surface area contributed by atoms with E-state index in [1.54, 1.807) is 0 Å². The van der Waals surface area contributed by atoms with Crippen LogP contribution in [0.3, 0.4) is 0 Å². The van der Waals surface area contributed by atoms with E-state index in [1.807, 2.05) is 59.5 Å². The molecule has 1 aromatic heterocycles. The van der Waals surface area contributed by atoms with E-state index in [9.17, 15) is 10.1 Å². The van der Waals surface area contributed by atoms with Crippen molar-refractivity contribution < 1.29 is 9.53 Å². The van der Waals surface area contributed by atoms with Gasteiger partial charge >= 0.3 is 0 Å². The molecule has 0 aliphatic carbocycles. The van der Waals surface area contributed by atoms with Crippen molar-refractivity contribution in [2.75, 3.05) is 31.6 Å². The summed E-state index contributed by atoms with van der Waals surface area (Å²) in [5.41, 5.74) is 3.82. The minimum atomic E-state index is 0.171. The van der Waals surface area contributed by atoms with Crippen LogP contribution < -0.4 is 5.32 Å². The molecule has 1 fully saturated rings. The lowest BCUT2D eigenvalue weighted by Gasteiger charge is -2.26. The maximum absolute atomic E-state index is 12.3. The fourth-order valence-corrected chi connectivity index (χ4v) is 3.45. The molecule has 0 spiro atoms. The van der Waals surface area contributed by atoms with E-state index in [1.165, 1.54) is 6.20 Å². The van der Waals surface area contributed by atoms with Crippen molar-refractivity contribution >= 4 is 17.5 Å². The molecule has 31 heavy (non-hydrogen) atoms. The number of carbonyl (C=O) groups is 1. The van der Waals surface area contributed by atoms with Gasteiger partial charge in [-0.25, -0.2) is 9.97 Å². The number of carbonyl (C=O) groups excluding carboxylic acids is 1. The van der Waals surface area contributed by atoms with Crippen molar-refractivity contribution in [3.8, 4) is 17.3 Å². The van der Waals surface area contributed by atoms with Gasteiger partial charge in [0.1, 0.15) is 6.07 Å². The zero-order valence-corrected chi connectivity index (χ0v) is 17.1. The van der Waals surface area contributed by atoms with E-state index in [2.05, 4.69) is 21.4 Å². The number of anilines is 2. The summed E-state index contributed by atoms with van der Waals surface area (Å²) in [6.07, 6.45) is 2.72. The van der Waals surface area contributed by atoms with Gasteiger partial charge in [0.2, 0.25) is 11.9 Å². The maximum atomic E-state index is 12.3. The van der Waals surface area contributed by atoms with Gasteiger partial charge in [-0.05, 0) is 24.1 Å². The van der Waals surface area contributed by atoms with Crippen molar-refractivity contribution in [3.63, 3.8) is 0 Å². The molecular weight excluding hydrogens is 390 g/mol. The number of hydrogen-bond acceptors (Lipinski definition) is 6. The number of amides is 1. The molecular formula is C24H23N5O2. The zero-order valence-electron chi connectivity index (χ0n) is 17.1. The summed E-state index contributed by atoms with van der Waals surface area (Å²) in [6, 6.07) is 19.6. The first-order chi connectivity index (χ1) is 15.2. The van der Waals surface area contributed by atoms with Crippen LogP contribution in [0.15, 0.2) is 60.8 Å². The van der Waals surface area contributed by atoms with Gasteiger partial charge in [-0.15, -0.1) is 0 Å². The summed E-state index contributed by atoms with van der Waals surface area (Å²) >= 11 is 0. The Bertz CT molecular complexity index is 1070. The number of morpholine rings is 1. The summed E-state index contributed by atoms with van der Waals surface area (Å²) in [7, 11) is 0. The molecule has 2 aromatic carbocycles. The summed E-state index contributed by atoms with van der Waals surface area (Å²) in [6.45, 7) is 2.60. The van der Waals surface area contributed by atoms with E-state index in [4.69, 9.17) is 4.74 Å². The number of ether oxygens (including phenoxy) is 1. The lowest BCUT2D eigenvalue weighted by molar-refractivity contribution is -0.135. The first kappa shape index (κ1) is 20.5. The normalized spacial score (nSPS) is 13.5. The Balaban J connectivity index is 1.40. The highest BCUT2D eigenvalue weighted by Gasteiger charge is 2.16. The highest BCUT2D eigenvalue weighted by molar-refractivity contribution is 5.76. The molecule has 0 saturated carbocycles. The molecule has 156 valence electrons. The predicted molar refractivity (Wildman–Crippen MR) is 118 cm³/mol. The quantitative estimate of drug-likeness (QED) is 0.665. The van der Waals surface area contributed by atoms with Crippen LogP contribution in [0.1, 0.15) is 17.5 Å². The van der Waals surface area contributed by atoms with Gasteiger partial charge in [0.15, 0.2) is 0 Å². The third kappa shape index (κ3) is 5.24. The number of aromatic nitrogens is 2. The Hall–Kier alpha value is -3.76. The van der Waals surface area contributed by atoms with E-state index in [0.717, 1.165) is 16.8 Å². The van der Waals surface area contributed by atoms with Crippen LogP contribution >= 0.6 is 0 Å². The van der Waals surface area contributed by atoms with Gasteiger partial charge in [0.25, 0.3) is 0 Å². The Labute approximate surface area is 181 Å². The molecule has 1 saturated heterocycles. The van der Waals surface area contributed by atoms with E-state index >= 15 is 0 Å². The number of nitrogens with zero attached hydrogens (tertiary/aromatic N) is 4. The first-order valence-electron chi connectivity index (χ1n) is 10.3. The zero-order chi connectivity index (χ0) is 21.5. The molecule has 1 aliphatic rings. The van der Waals surface area contributed by atoms with Crippen LogP contribution in [0.25, 0.3) is 11.3 Å². The molecule has 1 amide bonds. The third-order valence-electron chi connectivity index (χ3n) is 5.16. The van der Waals surface area contributed by atoms with Gasteiger partial charge in [0.05, 0.1) is 30.7 Å². The van der Waals surface area contributed by atoms with Gasteiger partial charge < -0.3 is 15.0 Å². The fraction of sp³-hybridized carbons (Fsp3) is 0.250. The average molecular weight is 413 g/mol. The molecule has 0 unspecified atom stereocenters. The number of nitriles is 1. The first-order valence-corrected chi connectivity index (χ1v) is 10.3. The van der Waals surface area contributed by atoms with Crippen LogP contribution in [-0.4, -0.2) is 47.1 Å². The van der Waals surface area contributed by atoms with Gasteiger partial charge in [-0.3, -0.25) is 4.79 Å². The second-order valence-corrected chi connectivity index (χ2v) is 7.25. The Morgan fingerprint density at radius 3 is 2.55 bits per heavy atom. The van der Waals surface area contributed by atoms with E-state index < -0.39 is 0 Å². The largest absolute Gasteiger partial charge is 0.378 e. The van der Waals surface area contributed by atoms with Gasteiger partial charge in [-0.1, -0.05) is 42.5 Å². The number of rotatable bonds is 6. The average Bonchev–Trinajstić information content (AvgIpc) is 2.84. The van der Waals surface area contributed by atoms with Crippen LogP contribution in [0.4, 0.5) is 11.6 Å². The molecule has 3 aromatic rings. The Morgan fingerprint density at radius 1 is 1.10 bits per heavy atom. The lowest BCUT2D eigenvalue weighted by Crippen LogP contribution is -2.40. The molecule has 7 nitrogen and oxygen atoms in total. The van der Waals surface area contributed by atoms with E-state index in [0.29, 0.717) is 56.4 Å². The minimum Gasteiger partial charge on any atom is -0.378 e. The van der Waals surface area contributed by atoms with Crippen LogP contribution in [-0.2, 0) is 16.0 Å². The van der Waals surface area contributed by atoms with Crippen molar-refractivity contribution in [2.24, 2.45) is 0 Å². The van der Waals surface area contributed by atoms with Crippen LogP contribution in [0.5, 0.6) is 0 Å². The number of hydrogen-bond donors (Lipinski definition) is 1. The number of nitrogens with one attached hydrogen (secondary N) is 1. The van der Waals surface area contributed by atoms with E-state index in [-0.39, 0.29) is 5.91 Å². The van der Waals surface area contributed by atoms with Crippen molar-refractivity contribution in [2.45, 2.75) is 12.8 Å². The van der Waals surface area contributed by atoms with Crippen LogP contribution in [0.2, 0.25) is 0 Å². The number of benzene rings is 2. The SMILES string of the molecule is N#Cc1cnc(Nc2ccc(CCC(=O)N3CCOCC3)cc2)nc1-c1ccccc1. The van der Waals surface area contributed by atoms with Crippen molar-refractivity contribution in [1.82, 2.24) is 14.9 Å². The second kappa shape index (κ2) is 9.83. The summed E-state index contributed by atoms with van der Waals surface area (Å²) in [5, 5.41) is 12.6. The molecule has 0 atom stereocenters. The predicted octanol–water partition coefficient (Wildman–Crippen LogP) is 3.55. The highest BCUT2D eigenvalue weighted by Crippen LogP contribution is 2.23. The van der Waals surface area contributed by atoms with Crippen LogP contribution in [0, 0.1) is 11.3 Å². The highest BCUT2D eigenvalue weighted by atomic mass is 16.5. The topological polar surface area (TPSA) is 91.1 Å². The molecule has 0 bridgehead atoms. The molecule has 0 radical (unpaired) electrons. The minimum absolute atomic E-state index is 0.171. The van der Waals surface area contributed by atoms with Gasteiger partial charge in [-0.2, -0.15) is 5.26 Å². The lowest BCUT2D eigenvalue weighted by atomic mass is 10.1. The monoisotopic (exact) mass is 413 g/mol. The van der Waals surface area contributed by atoms with Gasteiger partial charge in [0, 0.05) is 30.8 Å². The molecule has 1 N–H and O–H groups in total. The number of aryl methyl sites for hydroxylation is 1. The molecule has 1 aliphatic heterocycles. The molecule has 4 rings (SSSR count). The summed E-state index contributed by atoms with van der Waals surface area (Å²) in [4.78, 5) is 23.0.